The largest absolute Gasteiger partial charge is 0.394 e. The van der Waals surface area contributed by atoms with Crippen molar-refractivity contribution >= 4 is 0 Å². The quantitative estimate of drug-likeness (QED) is 0.442. The highest BCUT2D eigenvalue weighted by Gasteiger charge is 2.27. The van der Waals surface area contributed by atoms with E-state index in [0.29, 0.717) is 12.8 Å². The fraction of sp³-hybridized carbons (Fsp3) is 1.00. The molecule has 1 saturated heterocycles. The zero-order chi connectivity index (χ0) is 8.27. The van der Waals surface area contributed by atoms with E-state index >= 15 is 0 Å². The molecule has 11 heavy (non-hydrogen) atoms. The van der Waals surface area contributed by atoms with E-state index in [1.54, 1.807) is 0 Å². The van der Waals surface area contributed by atoms with Crippen LogP contribution in [0.2, 0.25) is 0 Å². The highest BCUT2D eigenvalue weighted by molar-refractivity contribution is 4.71. The van der Waals surface area contributed by atoms with Crippen LogP contribution < -0.4 is 5.90 Å². The topological polar surface area (TPSA) is 84.9 Å². The maximum atomic E-state index is 9.19. The summed E-state index contributed by atoms with van der Waals surface area (Å²) in [5.41, 5.74) is 0. The van der Waals surface area contributed by atoms with Crippen LogP contribution in [0.25, 0.3) is 0 Å². The molecule has 1 fully saturated rings. The van der Waals surface area contributed by atoms with Gasteiger partial charge in [0.15, 0.2) is 6.29 Å². The Balaban J connectivity index is 2.37. The van der Waals surface area contributed by atoms with Crippen molar-refractivity contribution in [1.29, 1.82) is 0 Å². The molecule has 0 bridgehead atoms. The van der Waals surface area contributed by atoms with Crippen LogP contribution in [0.4, 0.5) is 0 Å². The molecule has 1 aliphatic heterocycles. The van der Waals surface area contributed by atoms with Crippen LogP contribution in [0.1, 0.15) is 12.8 Å². The van der Waals surface area contributed by atoms with Gasteiger partial charge < -0.3 is 14.9 Å². The zero-order valence-corrected chi connectivity index (χ0v) is 6.14. The first kappa shape index (κ1) is 8.89. The van der Waals surface area contributed by atoms with Gasteiger partial charge >= 0.3 is 0 Å². The minimum Gasteiger partial charge on any atom is -0.394 e. The molecule has 4 N–H and O–H groups in total. The average molecular weight is 163 g/mol. The Labute approximate surface area is 64.7 Å². The molecule has 66 valence electrons. The number of aliphatic hydroxyl groups is 2. The van der Waals surface area contributed by atoms with E-state index in [1.165, 1.54) is 0 Å². The van der Waals surface area contributed by atoms with Gasteiger partial charge in [-0.05, 0) is 0 Å². The van der Waals surface area contributed by atoms with Crippen LogP contribution in [-0.2, 0) is 9.57 Å². The third-order valence-electron chi connectivity index (χ3n) is 1.70. The van der Waals surface area contributed by atoms with Gasteiger partial charge in [0.05, 0.1) is 18.8 Å². The molecule has 0 spiro atoms. The van der Waals surface area contributed by atoms with E-state index in [4.69, 9.17) is 15.7 Å². The molecule has 5 heteroatoms. The van der Waals surface area contributed by atoms with Crippen LogP contribution in [0, 0.1) is 0 Å². The molecule has 0 radical (unpaired) electrons. The summed E-state index contributed by atoms with van der Waals surface area (Å²) < 4.78 is 5.10. The molecule has 1 aliphatic rings. The van der Waals surface area contributed by atoms with Crippen molar-refractivity contribution in [3.63, 3.8) is 0 Å². The summed E-state index contributed by atoms with van der Waals surface area (Å²) in [5, 5.41) is 17.9. The van der Waals surface area contributed by atoms with Crippen molar-refractivity contribution in [1.82, 2.24) is 0 Å². The third kappa shape index (κ3) is 2.39. The Bertz CT molecular complexity index is 109. The van der Waals surface area contributed by atoms with Gasteiger partial charge in [-0.3, -0.25) is 4.84 Å². The number of hydrogen-bond acceptors (Lipinski definition) is 5. The summed E-state index contributed by atoms with van der Waals surface area (Å²) >= 11 is 0. The molecule has 3 atom stereocenters. The Kier molecular flexibility index (Phi) is 3.22. The lowest BCUT2D eigenvalue weighted by molar-refractivity contribution is -0.223. The van der Waals surface area contributed by atoms with Crippen LogP contribution >= 0.6 is 0 Å². The third-order valence-corrected chi connectivity index (χ3v) is 1.70. The second kappa shape index (κ2) is 3.99. The number of aliphatic hydroxyl groups excluding tert-OH is 2. The van der Waals surface area contributed by atoms with Crippen LogP contribution in [0.5, 0.6) is 0 Å². The standard InChI is InChI=1S/C6H13NO4/c7-11-6-2-4(9)1-5(3-8)10-6/h4-6,8-9H,1-3,7H2. The second-order valence-corrected chi connectivity index (χ2v) is 2.63. The molecule has 5 nitrogen and oxygen atoms in total. The van der Waals surface area contributed by atoms with Crippen molar-refractivity contribution in [3.8, 4) is 0 Å². The van der Waals surface area contributed by atoms with Gasteiger partial charge in [0.2, 0.25) is 0 Å². The van der Waals surface area contributed by atoms with Crippen LogP contribution in [-0.4, -0.2) is 35.3 Å². The van der Waals surface area contributed by atoms with Crippen LogP contribution in [0.15, 0.2) is 0 Å². The Hall–Kier alpha value is -0.200. The smallest absolute Gasteiger partial charge is 0.179 e. The average Bonchev–Trinajstić information content (AvgIpc) is 2.03. The first-order chi connectivity index (χ1) is 5.26. The van der Waals surface area contributed by atoms with Crippen molar-refractivity contribution < 1.29 is 19.8 Å². The summed E-state index contributed by atoms with van der Waals surface area (Å²) in [5.74, 6) is 4.86. The Morgan fingerprint density at radius 2 is 2.27 bits per heavy atom. The maximum absolute atomic E-state index is 9.19. The molecule has 0 amide bonds. The van der Waals surface area contributed by atoms with E-state index in [9.17, 15) is 5.11 Å². The highest BCUT2D eigenvalue weighted by atomic mass is 16.8. The molecule has 0 aromatic rings. The van der Waals surface area contributed by atoms with Crippen LogP contribution in [0.3, 0.4) is 0 Å². The fourth-order valence-electron chi connectivity index (χ4n) is 1.15. The normalized spacial score (nSPS) is 39.0. The number of ether oxygens (including phenoxy) is 1. The number of nitrogens with two attached hydrogens (primary N) is 1. The summed E-state index contributed by atoms with van der Waals surface area (Å²) in [6.45, 7) is -0.114. The Morgan fingerprint density at radius 1 is 1.55 bits per heavy atom. The van der Waals surface area contributed by atoms with Crippen molar-refractivity contribution in [2.75, 3.05) is 6.61 Å². The monoisotopic (exact) mass is 163 g/mol. The van der Waals surface area contributed by atoms with Gasteiger partial charge in [-0.2, -0.15) is 0 Å². The molecule has 1 rings (SSSR count). The van der Waals surface area contributed by atoms with Gasteiger partial charge in [-0.25, -0.2) is 5.90 Å². The van der Waals surface area contributed by atoms with Gasteiger partial charge in [-0.15, -0.1) is 0 Å². The van der Waals surface area contributed by atoms with Crippen molar-refractivity contribution in [2.24, 2.45) is 5.90 Å². The van der Waals surface area contributed by atoms with E-state index in [0.717, 1.165) is 0 Å². The molecule has 0 aliphatic carbocycles. The molecular formula is C6H13NO4. The number of rotatable bonds is 2. The Morgan fingerprint density at radius 3 is 2.82 bits per heavy atom. The lowest BCUT2D eigenvalue weighted by Crippen LogP contribution is -2.39. The SMILES string of the molecule is NOC1CC(O)CC(CO)O1. The lowest BCUT2D eigenvalue weighted by Gasteiger charge is -2.30. The molecule has 3 unspecified atom stereocenters. The predicted molar refractivity (Wildman–Crippen MR) is 36.3 cm³/mol. The molecular weight excluding hydrogens is 150 g/mol. The summed E-state index contributed by atoms with van der Waals surface area (Å²) in [6, 6.07) is 0. The predicted octanol–water partition coefficient (Wildman–Crippen LogP) is -1.27. The fourth-order valence-corrected chi connectivity index (χ4v) is 1.15. The van der Waals surface area contributed by atoms with Gasteiger partial charge in [0.25, 0.3) is 0 Å². The molecule has 0 saturated carbocycles. The van der Waals surface area contributed by atoms with E-state index in [2.05, 4.69) is 4.84 Å². The second-order valence-electron chi connectivity index (χ2n) is 2.63. The van der Waals surface area contributed by atoms with Crippen molar-refractivity contribution in [2.45, 2.75) is 31.3 Å². The summed E-state index contributed by atoms with van der Waals surface area (Å²) in [7, 11) is 0. The van der Waals surface area contributed by atoms with Gasteiger partial charge in [0, 0.05) is 12.8 Å². The van der Waals surface area contributed by atoms with E-state index < -0.39 is 12.4 Å². The lowest BCUT2D eigenvalue weighted by atomic mass is 10.1. The minimum atomic E-state index is -0.587. The van der Waals surface area contributed by atoms with Gasteiger partial charge in [-0.1, -0.05) is 0 Å². The first-order valence-electron chi connectivity index (χ1n) is 3.56. The zero-order valence-electron chi connectivity index (χ0n) is 6.14. The minimum absolute atomic E-state index is 0.114. The first-order valence-corrected chi connectivity index (χ1v) is 3.56. The molecule has 0 aromatic carbocycles. The number of hydrogen-bond donors (Lipinski definition) is 3. The van der Waals surface area contributed by atoms with Gasteiger partial charge in [0.1, 0.15) is 0 Å². The van der Waals surface area contributed by atoms with E-state index in [1.807, 2.05) is 0 Å². The maximum Gasteiger partial charge on any atom is 0.179 e. The van der Waals surface area contributed by atoms with E-state index in [-0.39, 0.29) is 12.7 Å². The summed E-state index contributed by atoms with van der Waals surface area (Å²) in [4.78, 5) is 4.40. The molecule has 1 heterocycles. The van der Waals surface area contributed by atoms with Crippen molar-refractivity contribution in [3.05, 3.63) is 0 Å². The highest BCUT2D eigenvalue weighted by Crippen LogP contribution is 2.18. The molecule has 0 aromatic heterocycles. The summed E-state index contributed by atoms with van der Waals surface area (Å²) in [6.07, 6.45) is -0.624.